The first kappa shape index (κ1) is 15.0. The van der Waals surface area contributed by atoms with E-state index in [1.54, 1.807) is 0 Å². The van der Waals surface area contributed by atoms with Crippen molar-refractivity contribution in [3.63, 3.8) is 0 Å². The van der Waals surface area contributed by atoms with E-state index in [2.05, 4.69) is 18.7 Å². The van der Waals surface area contributed by atoms with E-state index in [4.69, 9.17) is 9.84 Å². The number of ether oxygens (including phenoxy) is 1. The molecule has 1 aromatic carbocycles. The number of nitrogens with zero attached hydrogens (tertiary/aromatic N) is 1. The molecule has 1 aromatic rings. The Morgan fingerprint density at radius 3 is 2.11 bits per heavy atom. The number of rotatable bonds is 9. The van der Waals surface area contributed by atoms with E-state index < -0.39 is 0 Å². The second-order valence-corrected chi connectivity index (χ2v) is 4.49. The summed E-state index contributed by atoms with van der Waals surface area (Å²) in [5.41, 5.74) is 0.918. The van der Waals surface area contributed by atoms with E-state index in [0.717, 1.165) is 37.6 Å². The number of aliphatic hydroxyl groups excluding tert-OH is 1. The van der Waals surface area contributed by atoms with E-state index in [-0.39, 0.29) is 6.61 Å². The van der Waals surface area contributed by atoms with Crippen LogP contribution in [0.4, 0.5) is 0 Å². The van der Waals surface area contributed by atoms with Gasteiger partial charge in [-0.25, -0.2) is 0 Å². The molecule has 1 rings (SSSR count). The van der Waals surface area contributed by atoms with Crippen molar-refractivity contribution in [1.29, 1.82) is 0 Å². The number of benzene rings is 1. The maximum atomic E-state index is 8.95. The van der Waals surface area contributed by atoms with Crippen LogP contribution in [0.5, 0.6) is 5.75 Å². The largest absolute Gasteiger partial charge is 0.492 e. The van der Waals surface area contributed by atoms with E-state index in [1.807, 2.05) is 24.3 Å². The van der Waals surface area contributed by atoms with E-state index in [0.29, 0.717) is 0 Å². The monoisotopic (exact) mass is 251 g/mol. The minimum atomic E-state index is 0.0844. The summed E-state index contributed by atoms with van der Waals surface area (Å²) in [4.78, 5) is 2.43. The average molecular weight is 251 g/mol. The Kier molecular flexibility index (Phi) is 7.46. The third-order valence-corrected chi connectivity index (χ3v) is 2.86. The molecule has 0 aliphatic rings. The van der Waals surface area contributed by atoms with Gasteiger partial charge in [0.2, 0.25) is 0 Å². The fraction of sp³-hybridized carbons (Fsp3) is 0.600. The van der Waals surface area contributed by atoms with E-state index >= 15 is 0 Å². The Balaban J connectivity index is 2.30. The predicted molar refractivity (Wildman–Crippen MR) is 74.9 cm³/mol. The van der Waals surface area contributed by atoms with Crippen LogP contribution in [-0.2, 0) is 6.61 Å². The van der Waals surface area contributed by atoms with Crippen molar-refractivity contribution >= 4 is 0 Å². The molecule has 0 heterocycles. The molecule has 0 aromatic heterocycles. The zero-order valence-corrected chi connectivity index (χ0v) is 11.6. The van der Waals surface area contributed by atoms with Gasteiger partial charge in [-0.05, 0) is 43.6 Å². The SMILES string of the molecule is CCCN(CCC)CCOc1ccc(CO)cc1. The molecule has 18 heavy (non-hydrogen) atoms. The molecule has 0 amide bonds. The van der Waals surface area contributed by atoms with Crippen LogP contribution in [-0.4, -0.2) is 36.2 Å². The summed E-state index contributed by atoms with van der Waals surface area (Å²) in [6.07, 6.45) is 2.37. The molecule has 3 nitrogen and oxygen atoms in total. The maximum absolute atomic E-state index is 8.95. The van der Waals surface area contributed by atoms with Gasteiger partial charge >= 0.3 is 0 Å². The van der Waals surface area contributed by atoms with Gasteiger partial charge in [-0.1, -0.05) is 26.0 Å². The Morgan fingerprint density at radius 1 is 1.00 bits per heavy atom. The molecule has 0 spiro atoms. The van der Waals surface area contributed by atoms with Crippen LogP contribution in [0.1, 0.15) is 32.3 Å². The van der Waals surface area contributed by atoms with Crippen molar-refractivity contribution in [2.24, 2.45) is 0 Å². The molecular formula is C15H25NO2. The minimum absolute atomic E-state index is 0.0844. The highest BCUT2D eigenvalue weighted by Crippen LogP contribution is 2.12. The van der Waals surface area contributed by atoms with Gasteiger partial charge in [-0.3, -0.25) is 4.90 Å². The fourth-order valence-corrected chi connectivity index (χ4v) is 1.95. The molecule has 0 unspecified atom stereocenters. The smallest absolute Gasteiger partial charge is 0.119 e. The van der Waals surface area contributed by atoms with Crippen LogP contribution in [0, 0.1) is 0 Å². The van der Waals surface area contributed by atoms with Crippen molar-refractivity contribution in [3.8, 4) is 5.75 Å². The molecule has 1 N–H and O–H groups in total. The van der Waals surface area contributed by atoms with Crippen LogP contribution in [0.25, 0.3) is 0 Å². The van der Waals surface area contributed by atoms with Crippen molar-refractivity contribution in [2.45, 2.75) is 33.3 Å². The van der Waals surface area contributed by atoms with Gasteiger partial charge in [-0.15, -0.1) is 0 Å². The Labute approximate surface area is 110 Å². The second-order valence-electron chi connectivity index (χ2n) is 4.49. The minimum Gasteiger partial charge on any atom is -0.492 e. The molecule has 0 atom stereocenters. The van der Waals surface area contributed by atoms with Gasteiger partial charge in [0, 0.05) is 6.54 Å². The Hall–Kier alpha value is -1.06. The topological polar surface area (TPSA) is 32.7 Å². The summed E-state index contributed by atoms with van der Waals surface area (Å²) < 4.78 is 5.71. The standard InChI is InChI=1S/C15H25NO2/c1-3-9-16(10-4-2)11-12-18-15-7-5-14(13-17)6-8-15/h5-8,17H,3-4,9-13H2,1-2H3. The lowest BCUT2D eigenvalue weighted by atomic mass is 10.2. The van der Waals surface area contributed by atoms with Crippen molar-refractivity contribution in [2.75, 3.05) is 26.2 Å². The second kappa shape index (κ2) is 8.95. The highest BCUT2D eigenvalue weighted by Gasteiger charge is 2.02. The molecule has 0 bridgehead atoms. The maximum Gasteiger partial charge on any atom is 0.119 e. The van der Waals surface area contributed by atoms with Gasteiger partial charge in [-0.2, -0.15) is 0 Å². The highest BCUT2D eigenvalue weighted by molar-refractivity contribution is 5.26. The lowest BCUT2D eigenvalue weighted by molar-refractivity contribution is 0.209. The van der Waals surface area contributed by atoms with Crippen LogP contribution < -0.4 is 4.74 Å². The molecule has 0 aliphatic carbocycles. The molecule has 0 radical (unpaired) electrons. The average Bonchev–Trinajstić information content (AvgIpc) is 2.40. The molecule has 3 heteroatoms. The normalized spacial score (nSPS) is 10.9. The summed E-state index contributed by atoms with van der Waals surface area (Å²) in [6.45, 7) is 8.47. The van der Waals surface area contributed by atoms with Gasteiger partial charge in [0.1, 0.15) is 12.4 Å². The van der Waals surface area contributed by atoms with Crippen LogP contribution in [0.15, 0.2) is 24.3 Å². The summed E-state index contributed by atoms with van der Waals surface area (Å²) in [7, 11) is 0. The summed E-state index contributed by atoms with van der Waals surface area (Å²) >= 11 is 0. The van der Waals surface area contributed by atoms with Crippen molar-refractivity contribution in [1.82, 2.24) is 4.90 Å². The lowest BCUT2D eigenvalue weighted by Crippen LogP contribution is -2.30. The van der Waals surface area contributed by atoms with Crippen molar-refractivity contribution in [3.05, 3.63) is 29.8 Å². The number of aliphatic hydroxyl groups is 1. The van der Waals surface area contributed by atoms with Crippen molar-refractivity contribution < 1.29 is 9.84 Å². The summed E-state index contributed by atoms with van der Waals surface area (Å²) in [5.74, 6) is 0.875. The first-order chi connectivity index (χ1) is 8.80. The van der Waals surface area contributed by atoms with E-state index in [1.165, 1.54) is 12.8 Å². The zero-order chi connectivity index (χ0) is 13.2. The number of hydrogen-bond donors (Lipinski definition) is 1. The molecule has 0 saturated carbocycles. The fourth-order valence-electron chi connectivity index (χ4n) is 1.95. The lowest BCUT2D eigenvalue weighted by Gasteiger charge is -2.20. The third kappa shape index (κ3) is 5.52. The zero-order valence-electron chi connectivity index (χ0n) is 11.6. The van der Waals surface area contributed by atoms with Gasteiger partial charge < -0.3 is 9.84 Å². The van der Waals surface area contributed by atoms with Gasteiger partial charge in [0.05, 0.1) is 6.61 Å². The summed E-state index contributed by atoms with van der Waals surface area (Å²) in [5, 5.41) is 8.95. The Bertz CT molecular complexity index is 305. The summed E-state index contributed by atoms with van der Waals surface area (Å²) in [6, 6.07) is 7.61. The van der Waals surface area contributed by atoms with Gasteiger partial charge in [0.15, 0.2) is 0 Å². The quantitative estimate of drug-likeness (QED) is 0.732. The Morgan fingerprint density at radius 2 is 1.61 bits per heavy atom. The molecule has 0 saturated heterocycles. The van der Waals surface area contributed by atoms with Gasteiger partial charge in [0.25, 0.3) is 0 Å². The predicted octanol–water partition coefficient (Wildman–Crippen LogP) is 2.68. The molecule has 0 fully saturated rings. The first-order valence-electron chi connectivity index (χ1n) is 6.85. The molecule has 102 valence electrons. The first-order valence-corrected chi connectivity index (χ1v) is 6.85. The van der Waals surface area contributed by atoms with Crippen LogP contribution in [0.3, 0.4) is 0 Å². The van der Waals surface area contributed by atoms with Crippen LogP contribution >= 0.6 is 0 Å². The molecule has 0 aliphatic heterocycles. The van der Waals surface area contributed by atoms with Crippen LogP contribution in [0.2, 0.25) is 0 Å². The van der Waals surface area contributed by atoms with E-state index in [9.17, 15) is 0 Å². The third-order valence-electron chi connectivity index (χ3n) is 2.86. The highest BCUT2D eigenvalue weighted by atomic mass is 16.5. The molecular weight excluding hydrogens is 226 g/mol. The number of hydrogen-bond acceptors (Lipinski definition) is 3.